The van der Waals surface area contributed by atoms with Crippen LogP contribution in [0.25, 0.3) is 43.8 Å². The molecule has 0 bridgehead atoms. The lowest BCUT2D eigenvalue weighted by Crippen LogP contribution is -2.49. The van der Waals surface area contributed by atoms with Crippen LogP contribution >= 0.6 is 0 Å². The Balaban J connectivity index is 1.66. The lowest BCUT2D eigenvalue weighted by Gasteiger charge is -2.37. The van der Waals surface area contributed by atoms with E-state index < -0.39 is 11.2 Å². The molecule has 5 aromatic rings. The molecule has 0 saturated carbocycles. The second-order valence-electron chi connectivity index (χ2n) is 9.34. The van der Waals surface area contributed by atoms with Gasteiger partial charge in [-0.05, 0) is 49.5 Å². The van der Waals surface area contributed by atoms with Crippen molar-refractivity contribution in [1.82, 2.24) is 0 Å². The van der Waals surface area contributed by atoms with Crippen LogP contribution in [-0.2, 0) is 4.65 Å². The molecule has 0 aliphatic carbocycles. The van der Waals surface area contributed by atoms with Crippen molar-refractivity contribution in [2.24, 2.45) is 0 Å². The molecule has 3 nitrogen and oxygen atoms in total. The lowest BCUT2D eigenvalue weighted by molar-refractivity contribution is -0.0893. The zero-order valence-corrected chi connectivity index (χ0v) is 18.8. The highest BCUT2D eigenvalue weighted by atomic mass is 16.5. The van der Waals surface area contributed by atoms with E-state index in [4.69, 9.17) is 9.07 Å². The maximum atomic E-state index is 10.4. The summed E-state index contributed by atoms with van der Waals surface area (Å²) < 4.78 is 12.5. The summed E-state index contributed by atoms with van der Waals surface area (Å²) in [4.78, 5) is 0. The van der Waals surface area contributed by atoms with Gasteiger partial charge in [-0.15, -0.1) is 0 Å². The molecule has 4 heteroatoms. The van der Waals surface area contributed by atoms with Crippen molar-refractivity contribution in [2.45, 2.75) is 38.9 Å². The first-order valence-corrected chi connectivity index (χ1v) is 10.9. The zero-order chi connectivity index (χ0) is 22.5. The van der Waals surface area contributed by atoms with Gasteiger partial charge in [0.05, 0.1) is 11.2 Å². The minimum absolute atomic E-state index is 0.755. The Kier molecular flexibility index (Phi) is 4.88. The number of aliphatic hydroxyl groups is 1. The first kappa shape index (κ1) is 20.8. The fourth-order valence-electron chi connectivity index (χ4n) is 3.96. The first-order valence-electron chi connectivity index (χ1n) is 10.9. The van der Waals surface area contributed by atoms with Crippen molar-refractivity contribution in [2.75, 3.05) is 0 Å². The molecule has 1 heterocycles. The highest BCUT2D eigenvalue weighted by molar-refractivity contribution is 6.51. The van der Waals surface area contributed by atoms with Crippen molar-refractivity contribution in [3.63, 3.8) is 0 Å². The van der Waals surface area contributed by atoms with Crippen LogP contribution in [0.3, 0.4) is 0 Å². The Morgan fingerprint density at radius 1 is 0.688 bits per heavy atom. The van der Waals surface area contributed by atoms with Gasteiger partial charge in [-0.2, -0.15) is 0 Å². The largest absolute Gasteiger partial charge is 0.456 e. The Morgan fingerprint density at radius 3 is 2.06 bits per heavy atom. The molecular formula is C28H26BO3. The third-order valence-corrected chi connectivity index (χ3v) is 6.59. The zero-order valence-electron chi connectivity index (χ0n) is 18.8. The second-order valence-corrected chi connectivity index (χ2v) is 9.34. The summed E-state index contributed by atoms with van der Waals surface area (Å²) in [5.41, 5.74) is 2.96. The normalized spacial score (nSPS) is 12.7. The molecular weight excluding hydrogens is 395 g/mol. The number of benzene rings is 4. The molecule has 32 heavy (non-hydrogen) atoms. The van der Waals surface area contributed by atoms with E-state index in [1.807, 2.05) is 26.0 Å². The van der Waals surface area contributed by atoms with Crippen molar-refractivity contribution in [1.29, 1.82) is 0 Å². The fraction of sp³-hybridized carbons (Fsp3) is 0.214. The van der Waals surface area contributed by atoms with Gasteiger partial charge >= 0.3 is 7.48 Å². The third-order valence-electron chi connectivity index (χ3n) is 6.59. The SMILES string of the molecule is CC(C)(O)C(C)(C)O[B]c1cccc2c1oc1c(-c3cccc4ccccc34)cccc12. The van der Waals surface area contributed by atoms with E-state index in [-0.39, 0.29) is 0 Å². The van der Waals surface area contributed by atoms with E-state index in [2.05, 4.69) is 66.7 Å². The summed E-state index contributed by atoms with van der Waals surface area (Å²) in [6.07, 6.45) is 0. The van der Waals surface area contributed by atoms with Crippen molar-refractivity contribution >= 4 is 45.7 Å². The number of furan rings is 1. The average molecular weight is 421 g/mol. The molecule has 0 atom stereocenters. The Labute approximate surface area is 188 Å². The van der Waals surface area contributed by atoms with Crippen LogP contribution in [0.2, 0.25) is 0 Å². The number of hydrogen-bond acceptors (Lipinski definition) is 3. The van der Waals surface area contributed by atoms with E-state index >= 15 is 0 Å². The summed E-state index contributed by atoms with van der Waals surface area (Å²) in [5, 5.41) is 14.9. The molecule has 159 valence electrons. The number of fused-ring (bicyclic) bond motifs is 4. The molecule has 0 fully saturated rings. The molecule has 0 saturated heterocycles. The predicted octanol–water partition coefficient (Wildman–Crippen LogP) is 6.22. The van der Waals surface area contributed by atoms with Crippen LogP contribution in [0, 0.1) is 0 Å². The van der Waals surface area contributed by atoms with Gasteiger partial charge in [0.25, 0.3) is 0 Å². The van der Waals surface area contributed by atoms with Gasteiger partial charge in [-0.25, -0.2) is 0 Å². The Morgan fingerprint density at radius 2 is 1.28 bits per heavy atom. The first-order chi connectivity index (χ1) is 15.3. The standard InChI is InChI=1S/C28H26BO3/c1-27(2,30)28(3,4)32-29-24-17-9-16-23-22-15-8-14-21(25(22)31-26(23)24)20-13-7-11-18-10-5-6-12-19(18)20/h5-17,30H,1-4H3. The van der Waals surface area contributed by atoms with E-state index in [1.54, 1.807) is 21.3 Å². The molecule has 5 rings (SSSR count). The number of hydrogen-bond donors (Lipinski definition) is 1. The lowest BCUT2D eigenvalue weighted by atomic mass is 9.82. The summed E-state index contributed by atoms with van der Waals surface area (Å²) in [5.74, 6) is 0. The van der Waals surface area contributed by atoms with E-state index in [1.165, 1.54) is 10.8 Å². The molecule has 0 aliphatic rings. The maximum absolute atomic E-state index is 10.4. The van der Waals surface area contributed by atoms with Gasteiger partial charge in [-0.3, -0.25) is 0 Å². The van der Waals surface area contributed by atoms with Crippen LogP contribution < -0.4 is 5.46 Å². The minimum atomic E-state index is -0.993. The monoisotopic (exact) mass is 421 g/mol. The van der Waals surface area contributed by atoms with Gasteiger partial charge in [0, 0.05) is 16.3 Å². The second kappa shape index (κ2) is 7.51. The molecule has 4 aromatic carbocycles. The Bertz CT molecular complexity index is 1430. The van der Waals surface area contributed by atoms with E-state index in [0.29, 0.717) is 0 Å². The molecule has 0 amide bonds. The van der Waals surface area contributed by atoms with E-state index in [0.717, 1.165) is 38.5 Å². The molecule has 0 aliphatic heterocycles. The summed E-state index contributed by atoms with van der Waals surface area (Å²) in [6, 6.07) is 27.1. The minimum Gasteiger partial charge on any atom is -0.456 e. The third kappa shape index (κ3) is 3.40. The van der Waals surface area contributed by atoms with Crippen LogP contribution in [0.15, 0.2) is 83.3 Å². The van der Waals surface area contributed by atoms with Crippen molar-refractivity contribution in [3.8, 4) is 11.1 Å². The highest BCUT2D eigenvalue weighted by Gasteiger charge is 2.36. The summed E-state index contributed by atoms with van der Waals surface area (Å²) in [7, 11) is 1.69. The predicted molar refractivity (Wildman–Crippen MR) is 134 cm³/mol. The van der Waals surface area contributed by atoms with E-state index in [9.17, 15) is 5.11 Å². The average Bonchev–Trinajstić information content (AvgIpc) is 3.16. The summed E-state index contributed by atoms with van der Waals surface area (Å²) in [6.45, 7) is 7.25. The quantitative estimate of drug-likeness (QED) is 0.343. The molecule has 0 spiro atoms. The Hall–Kier alpha value is -3.08. The molecule has 1 aromatic heterocycles. The topological polar surface area (TPSA) is 42.6 Å². The summed E-state index contributed by atoms with van der Waals surface area (Å²) >= 11 is 0. The van der Waals surface area contributed by atoms with Gasteiger partial charge in [0.2, 0.25) is 0 Å². The molecule has 1 N–H and O–H groups in total. The maximum Gasteiger partial charge on any atom is 0.334 e. The number of rotatable bonds is 5. The van der Waals surface area contributed by atoms with Crippen molar-refractivity contribution < 1.29 is 14.2 Å². The molecule has 1 radical (unpaired) electrons. The van der Waals surface area contributed by atoms with Crippen LogP contribution in [-0.4, -0.2) is 23.8 Å². The van der Waals surface area contributed by atoms with Gasteiger partial charge in [0.1, 0.15) is 11.2 Å². The van der Waals surface area contributed by atoms with Crippen LogP contribution in [0.1, 0.15) is 27.7 Å². The van der Waals surface area contributed by atoms with Crippen LogP contribution in [0.5, 0.6) is 0 Å². The number of para-hydroxylation sites is 2. The highest BCUT2D eigenvalue weighted by Crippen LogP contribution is 2.38. The smallest absolute Gasteiger partial charge is 0.334 e. The fourth-order valence-corrected chi connectivity index (χ4v) is 3.96. The van der Waals surface area contributed by atoms with Gasteiger partial charge in [-0.1, -0.05) is 78.9 Å². The van der Waals surface area contributed by atoms with Crippen molar-refractivity contribution in [3.05, 3.63) is 78.9 Å². The van der Waals surface area contributed by atoms with Gasteiger partial charge in [0.15, 0.2) is 0 Å². The molecule has 0 unspecified atom stereocenters. The van der Waals surface area contributed by atoms with Gasteiger partial charge < -0.3 is 14.2 Å². The van der Waals surface area contributed by atoms with Crippen LogP contribution in [0.4, 0.5) is 0 Å².